The first-order valence-corrected chi connectivity index (χ1v) is 8.26. The van der Waals surface area contributed by atoms with Crippen LogP contribution in [0.25, 0.3) is 0 Å². The van der Waals surface area contributed by atoms with Gasteiger partial charge >= 0.3 is 0 Å². The maximum absolute atomic E-state index is 5.80. The van der Waals surface area contributed by atoms with Crippen LogP contribution in [0.1, 0.15) is 17.9 Å². The molecule has 0 radical (unpaired) electrons. The average molecular weight is 346 g/mol. The molecule has 1 fully saturated rings. The molecule has 3 rings (SSSR count). The predicted molar refractivity (Wildman–Crippen MR) is 89.9 cm³/mol. The molecule has 110 valence electrons. The molecule has 0 amide bonds. The lowest BCUT2D eigenvalue weighted by molar-refractivity contribution is 0.236. The summed E-state index contributed by atoms with van der Waals surface area (Å²) >= 11 is 3.43. The summed E-state index contributed by atoms with van der Waals surface area (Å²) in [5.41, 5.74) is 1.47. The van der Waals surface area contributed by atoms with E-state index in [9.17, 15) is 0 Å². The maximum atomic E-state index is 5.80. The van der Waals surface area contributed by atoms with E-state index >= 15 is 0 Å². The molecule has 1 heterocycles. The Balaban J connectivity index is 1.44. The van der Waals surface area contributed by atoms with Gasteiger partial charge in [-0.05, 0) is 48.7 Å². The highest BCUT2D eigenvalue weighted by Gasteiger charge is 2.23. The maximum Gasteiger partial charge on any atom is 0.119 e. The fourth-order valence-electron chi connectivity index (χ4n) is 2.86. The highest BCUT2D eigenvalue weighted by molar-refractivity contribution is 9.10. The Kier molecular flexibility index (Phi) is 4.94. The Morgan fingerprint density at radius 1 is 1.05 bits per heavy atom. The number of rotatable bonds is 5. The molecule has 2 aromatic rings. The summed E-state index contributed by atoms with van der Waals surface area (Å²) in [6.07, 6.45) is 1.25. The summed E-state index contributed by atoms with van der Waals surface area (Å²) in [5, 5.41) is 0. The number of halogens is 1. The summed E-state index contributed by atoms with van der Waals surface area (Å²) < 4.78 is 6.88. The number of nitrogens with zero attached hydrogens (tertiary/aromatic N) is 1. The number of benzene rings is 2. The zero-order valence-corrected chi connectivity index (χ0v) is 13.6. The first-order chi connectivity index (χ1) is 10.3. The molecule has 1 unspecified atom stereocenters. The minimum atomic E-state index is 0.680. The van der Waals surface area contributed by atoms with Crippen molar-refractivity contribution < 1.29 is 4.74 Å². The monoisotopic (exact) mass is 345 g/mol. The van der Waals surface area contributed by atoms with E-state index < -0.39 is 0 Å². The van der Waals surface area contributed by atoms with Crippen molar-refractivity contribution in [3.63, 3.8) is 0 Å². The van der Waals surface area contributed by atoms with E-state index in [0.717, 1.165) is 29.9 Å². The number of ether oxygens (including phenoxy) is 1. The van der Waals surface area contributed by atoms with Crippen LogP contribution in [0, 0.1) is 0 Å². The van der Waals surface area contributed by atoms with Gasteiger partial charge in [0.2, 0.25) is 0 Å². The predicted octanol–water partition coefficient (Wildman–Crippen LogP) is 4.32. The Labute approximate surface area is 134 Å². The molecule has 0 aromatic heterocycles. The van der Waals surface area contributed by atoms with Crippen molar-refractivity contribution in [1.82, 2.24) is 4.90 Å². The van der Waals surface area contributed by atoms with Crippen LogP contribution in [-0.4, -0.2) is 31.1 Å². The molecule has 0 aliphatic carbocycles. The van der Waals surface area contributed by atoms with Crippen molar-refractivity contribution in [2.24, 2.45) is 0 Å². The first-order valence-electron chi connectivity index (χ1n) is 7.47. The average Bonchev–Trinajstić information content (AvgIpc) is 2.99. The zero-order chi connectivity index (χ0) is 14.5. The summed E-state index contributed by atoms with van der Waals surface area (Å²) in [5.74, 6) is 1.62. The van der Waals surface area contributed by atoms with E-state index in [-0.39, 0.29) is 0 Å². The van der Waals surface area contributed by atoms with Crippen LogP contribution in [0.3, 0.4) is 0 Å². The Hall–Kier alpha value is -1.32. The second kappa shape index (κ2) is 7.10. The smallest absolute Gasteiger partial charge is 0.119 e. The number of likely N-dealkylation sites (tertiary alicyclic amines) is 1. The third-order valence-electron chi connectivity index (χ3n) is 4.03. The normalized spacial score (nSPS) is 18.8. The topological polar surface area (TPSA) is 12.5 Å². The Morgan fingerprint density at radius 2 is 1.81 bits per heavy atom. The van der Waals surface area contributed by atoms with Crippen molar-refractivity contribution in [3.05, 3.63) is 64.6 Å². The fourth-order valence-corrected chi connectivity index (χ4v) is 3.12. The van der Waals surface area contributed by atoms with Crippen molar-refractivity contribution in [2.45, 2.75) is 12.3 Å². The number of hydrogen-bond acceptors (Lipinski definition) is 2. The van der Waals surface area contributed by atoms with Crippen molar-refractivity contribution >= 4 is 15.9 Å². The van der Waals surface area contributed by atoms with Crippen molar-refractivity contribution in [1.29, 1.82) is 0 Å². The molecule has 0 bridgehead atoms. The molecule has 0 N–H and O–H groups in total. The van der Waals surface area contributed by atoms with Gasteiger partial charge in [0, 0.05) is 17.6 Å². The molecule has 1 atom stereocenters. The molecule has 21 heavy (non-hydrogen) atoms. The van der Waals surface area contributed by atoms with Gasteiger partial charge in [-0.2, -0.15) is 0 Å². The Bertz CT molecular complexity index is 555. The van der Waals surface area contributed by atoms with Crippen molar-refractivity contribution in [3.8, 4) is 5.75 Å². The largest absolute Gasteiger partial charge is 0.492 e. The summed E-state index contributed by atoms with van der Waals surface area (Å²) in [6.45, 7) is 4.07. The fraction of sp³-hybridized carbons (Fsp3) is 0.333. The van der Waals surface area contributed by atoms with Crippen LogP contribution in [-0.2, 0) is 0 Å². The molecule has 0 saturated carbocycles. The molecule has 2 nitrogen and oxygen atoms in total. The highest BCUT2D eigenvalue weighted by atomic mass is 79.9. The van der Waals surface area contributed by atoms with E-state index in [4.69, 9.17) is 4.74 Å². The lowest BCUT2D eigenvalue weighted by Crippen LogP contribution is -2.26. The van der Waals surface area contributed by atoms with Crippen LogP contribution in [0.5, 0.6) is 5.75 Å². The van der Waals surface area contributed by atoms with Crippen LogP contribution < -0.4 is 4.74 Å². The van der Waals surface area contributed by atoms with Gasteiger partial charge in [-0.3, -0.25) is 4.90 Å². The SMILES string of the molecule is Brc1ccc(OCCN2CCC(c3ccccc3)C2)cc1. The van der Waals surface area contributed by atoms with E-state index in [0.29, 0.717) is 5.92 Å². The van der Waals surface area contributed by atoms with E-state index in [1.165, 1.54) is 18.5 Å². The highest BCUT2D eigenvalue weighted by Crippen LogP contribution is 2.26. The lowest BCUT2D eigenvalue weighted by Gasteiger charge is -2.16. The summed E-state index contributed by atoms with van der Waals surface area (Å²) in [4.78, 5) is 2.50. The van der Waals surface area contributed by atoms with Crippen LogP contribution in [0.15, 0.2) is 59.1 Å². The van der Waals surface area contributed by atoms with Crippen LogP contribution in [0.2, 0.25) is 0 Å². The number of hydrogen-bond donors (Lipinski definition) is 0. The van der Waals surface area contributed by atoms with Crippen LogP contribution >= 0.6 is 15.9 Å². The summed E-state index contributed by atoms with van der Waals surface area (Å²) in [7, 11) is 0. The van der Waals surface area contributed by atoms with E-state index in [1.54, 1.807) is 0 Å². The molecule has 1 saturated heterocycles. The second-order valence-corrected chi connectivity index (χ2v) is 6.41. The molecule has 1 aliphatic rings. The van der Waals surface area contributed by atoms with Gasteiger partial charge in [-0.25, -0.2) is 0 Å². The Morgan fingerprint density at radius 3 is 2.57 bits per heavy atom. The minimum absolute atomic E-state index is 0.680. The molecule has 1 aliphatic heterocycles. The first kappa shape index (κ1) is 14.6. The standard InChI is InChI=1S/C18H20BrNO/c19-17-6-8-18(9-7-17)21-13-12-20-11-10-16(14-20)15-4-2-1-3-5-15/h1-9,16H,10-14H2. The lowest BCUT2D eigenvalue weighted by atomic mass is 9.99. The van der Waals surface area contributed by atoms with Gasteiger partial charge in [0.25, 0.3) is 0 Å². The van der Waals surface area contributed by atoms with Gasteiger partial charge in [-0.15, -0.1) is 0 Å². The molecular weight excluding hydrogens is 326 g/mol. The summed E-state index contributed by atoms with van der Waals surface area (Å²) in [6, 6.07) is 18.9. The van der Waals surface area contributed by atoms with Gasteiger partial charge in [-0.1, -0.05) is 46.3 Å². The van der Waals surface area contributed by atoms with E-state index in [1.807, 2.05) is 24.3 Å². The molecule has 2 aromatic carbocycles. The van der Waals surface area contributed by atoms with E-state index in [2.05, 4.69) is 51.2 Å². The quantitative estimate of drug-likeness (QED) is 0.800. The molecule has 3 heteroatoms. The van der Waals surface area contributed by atoms with Gasteiger partial charge in [0.05, 0.1) is 0 Å². The van der Waals surface area contributed by atoms with Gasteiger partial charge < -0.3 is 4.74 Å². The zero-order valence-electron chi connectivity index (χ0n) is 12.0. The van der Waals surface area contributed by atoms with Gasteiger partial charge in [0.15, 0.2) is 0 Å². The molecular formula is C18H20BrNO. The van der Waals surface area contributed by atoms with Crippen LogP contribution in [0.4, 0.5) is 0 Å². The second-order valence-electron chi connectivity index (χ2n) is 5.50. The third kappa shape index (κ3) is 4.08. The third-order valence-corrected chi connectivity index (χ3v) is 4.56. The molecule has 0 spiro atoms. The minimum Gasteiger partial charge on any atom is -0.492 e. The van der Waals surface area contributed by atoms with Crippen molar-refractivity contribution in [2.75, 3.05) is 26.2 Å². The van der Waals surface area contributed by atoms with Gasteiger partial charge in [0.1, 0.15) is 12.4 Å².